The standard InChI is InChI=1S/C16H15N3O3/c1-8-4-3-5-11-9(2)13(21-12(8)11)14-18-16(22-19-14)15(20)17-10-6-7-10/h3-5,10H,6-7H2,1-2H3,(H,17,20). The Labute approximate surface area is 126 Å². The highest BCUT2D eigenvalue weighted by atomic mass is 16.5. The van der Waals surface area contributed by atoms with Gasteiger partial charge < -0.3 is 14.3 Å². The van der Waals surface area contributed by atoms with Crippen molar-refractivity contribution in [2.24, 2.45) is 0 Å². The molecule has 1 saturated carbocycles. The Kier molecular flexibility index (Phi) is 2.79. The zero-order valence-corrected chi connectivity index (χ0v) is 12.3. The van der Waals surface area contributed by atoms with Crippen LogP contribution in [0.5, 0.6) is 0 Å². The number of furan rings is 1. The first-order valence-corrected chi connectivity index (χ1v) is 7.27. The number of fused-ring (bicyclic) bond motifs is 1. The van der Waals surface area contributed by atoms with Crippen molar-refractivity contribution in [3.63, 3.8) is 0 Å². The van der Waals surface area contributed by atoms with Crippen LogP contribution in [0.4, 0.5) is 0 Å². The lowest BCUT2D eigenvalue weighted by molar-refractivity contribution is 0.0907. The van der Waals surface area contributed by atoms with E-state index in [9.17, 15) is 4.79 Å². The molecule has 6 heteroatoms. The van der Waals surface area contributed by atoms with Crippen LogP contribution >= 0.6 is 0 Å². The zero-order valence-electron chi connectivity index (χ0n) is 12.3. The number of aryl methyl sites for hydroxylation is 2. The van der Waals surface area contributed by atoms with Gasteiger partial charge in [-0.3, -0.25) is 4.79 Å². The molecule has 2 heterocycles. The quantitative estimate of drug-likeness (QED) is 0.803. The maximum atomic E-state index is 11.9. The third-order valence-electron chi connectivity index (χ3n) is 3.90. The minimum atomic E-state index is -0.328. The smallest absolute Gasteiger partial charge is 0.316 e. The molecule has 2 aromatic heterocycles. The number of benzene rings is 1. The topological polar surface area (TPSA) is 81.2 Å². The third-order valence-corrected chi connectivity index (χ3v) is 3.90. The fraction of sp³-hybridized carbons (Fsp3) is 0.312. The number of aromatic nitrogens is 2. The van der Waals surface area contributed by atoms with Crippen LogP contribution in [0.2, 0.25) is 0 Å². The number of rotatable bonds is 3. The van der Waals surface area contributed by atoms with Crippen LogP contribution in [0.15, 0.2) is 27.1 Å². The lowest BCUT2D eigenvalue weighted by Crippen LogP contribution is -2.25. The number of nitrogens with zero attached hydrogens (tertiary/aromatic N) is 2. The second-order valence-corrected chi connectivity index (χ2v) is 5.68. The normalized spacial score (nSPS) is 14.5. The molecule has 0 bridgehead atoms. The lowest BCUT2D eigenvalue weighted by atomic mass is 10.1. The molecule has 0 radical (unpaired) electrons. The number of hydrogen-bond donors (Lipinski definition) is 1. The molecule has 0 unspecified atom stereocenters. The Bertz CT molecular complexity index is 874. The molecule has 1 amide bonds. The van der Waals surface area contributed by atoms with Gasteiger partial charge in [0, 0.05) is 17.0 Å². The Morgan fingerprint density at radius 3 is 2.86 bits per heavy atom. The molecule has 1 fully saturated rings. The van der Waals surface area contributed by atoms with E-state index in [0.29, 0.717) is 11.6 Å². The molecule has 1 aromatic carbocycles. The van der Waals surface area contributed by atoms with Crippen LogP contribution in [-0.2, 0) is 0 Å². The monoisotopic (exact) mass is 297 g/mol. The highest BCUT2D eigenvalue weighted by Crippen LogP contribution is 2.33. The van der Waals surface area contributed by atoms with E-state index in [4.69, 9.17) is 8.94 Å². The lowest BCUT2D eigenvalue weighted by Gasteiger charge is -1.95. The predicted molar refractivity (Wildman–Crippen MR) is 79.5 cm³/mol. The highest BCUT2D eigenvalue weighted by molar-refractivity contribution is 5.91. The average molecular weight is 297 g/mol. The molecule has 1 aliphatic rings. The first-order valence-electron chi connectivity index (χ1n) is 7.27. The minimum absolute atomic E-state index is 0.0292. The fourth-order valence-electron chi connectivity index (χ4n) is 2.48. The van der Waals surface area contributed by atoms with E-state index < -0.39 is 0 Å². The summed E-state index contributed by atoms with van der Waals surface area (Å²) in [4.78, 5) is 16.1. The van der Waals surface area contributed by atoms with Gasteiger partial charge in [-0.05, 0) is 32.3 Å². The van der Waals surface area contributed by atoms with Gasteiger partial charge in [-0.1, -0.05) is 23.4 Å². The van der Waals surface area contributed by atoms with Gasteiger partial charge in [0.25, 0.3) is 0 Å². The number of hydrogen-bond acceptors (Lipinski definition) is 5. The zero-order chi connectivity index (χ0) is 15.3. The summed E-state index contributed by atoms with van der Waals surface area (Å²) < 4.78 is 10.9. The highest BCUT2D eigenvalue weighted by Gasteiger charge is 2.27. The van der Waals surface area contributed by atoms with E-state index in [1.807, 2.05) is 32.0 Å². The molecule has 1 aliphatic carbocycles. The van der Waals surface area contributed by atoms with Gasteiger partial charge >= 0.3 is 11.8 Å². The van der Waals surface area contributed by atoms with Gasteiger partial charge in [0.15, 0.2) is 5.76 Å². The number of nitrogens with one attached hydrogen (secondary N) is 1. The van der Waals surface area contributed by atoms with Crippen LogP contribution in [0, 0.1) is 13.8 Å². The van der Waals surface area contributed by atoms with E-state index >= 15 is 0 Å². The maximum Gasteiger partial charge on any atom is 0.316 e. The van der Waals surface area contributed by atoms with Crippen LogP contribution in [0.25, 0.3) is 22.6 Å². The number of carbonyl (C=O) groups is 1. The summed E-state index contributed by atoms with van der Waals surface area (Å²) in [5, 5.41) is 7.72. The minimum Gasteiger partial charge on any atom is -0.452 e. The SMILES string of the molecule is Cc1c(-c2noc(C(=O)NC3CC3)n2)oc2c(C)cccc12. The van der Waals surface area contributed by atoms with Crippen molar-refractivity contribution in [1.29, 1.82) is 0 Å². The Hall–Kier alpha value is -2.63. The number of para-hydroxylation sites is 1. The predicted octanol–water partition coefficient (Wildman–Crippen LogP) is 2.99. The van der Waals surface area contributed by atoms with E-state index in [-0.39, 0.29) is 17.8 Å². The van der Waals surface area contributed by atoms with Crippen molar-refractivity contribution in [3.05, 3.63) is 35.2 Å². The molecule has 0 aliphatic heterocycles. The molecule has 6 nitrogen and oxygen atoms in total. The van der Waals surface area contributed by atoms with Gasteiger partial charge in [-0.15, -0.1) is 0 Å². The Morgan fingerprint density at radius 2 is 2.14 bits per heavy atom. The van der Waals surface area contributed by atoms with E-state index in [1.54, 1.807) is 0 Å². The first kappa shape index (κ1) is 13.1. The summed E-state index contributed by atoms with van der Waals surface area (Å²) in [5.41, 5.74) is 2.79. The summed E-state index contributed by atoms with van der Waals surface area (Å²) in [6, 6.07) is 6.21. The van der Waals surface area contributed by atoms with Crippen molar-refractivity contribution < 1.29 is 13.7 Å². The van der Waals surface area contributed by atoms with Crippen molar-refractivity contribution in [2.75, 3.05) is 0 Å². The van der Waals surface area contributed by atoms with Crippen LogP contribution in [-0.4, -0.2) is 22.1 Å². The van der Waals surface area contributed by atoms with Crippen molar-refractivity contribution in [1.82, 2.24) is 15.5 Å². The molecule has 0 atom stereocenters. The molecule has 0 saturated heterocycles. The average Bonchev–Trinajstić information content (AvgIpc) is 3.06. The molecule has 0 spiro atoms. The van der Waals surface area contributed by atoms with E-state index in [0.717, 1.165) is 34.9 Å². The molecule has 1 N–H and O–H groups in total. The van der Waals surface area contributed by atoms with E-state index in [2.05, 4.69) is 15.5 Å². The van der Waals surface area contributed by atoms with Gasteiger partial charge in [0.05, 0.1) is 0 Å². The van der Waals surface area contributed by atoms with Gasteiger partial charge in [-0.2, -0.15) is 4.98 Å². The summed E-state index contributed by atoms with van der Waals surface area (Å²) in [7, 11) is 0. The van der Waals surface area contributed by atoms with E-state index in [1.165, 1.54) is 0 Å². The van der Waals surface area contributed by atoms with Gasteiger partial charge in [-0.25, -0.2) is 0 Å². The second-order valence-electron chi connectivity index (χ2n) is 5.68. The van der Waals surface area contributed by atoms with Crippen molar-refractivity contribution >= 4 is 16.9 Å². The summed E-state index contributed by atoms with van der Waals surface area (Å²) in [5.74, 6) is 0.484. The molecule has 3 aromatic rings. The number of carbonyl (C=O) groups excluding carboxylic acids is 1. The molecular formula is C16H15N3O3. The molecule has 4 rings (SSSR count). The van der Waals surface area contributed by atoms with Crippen LogP contribution in [0.3, 0.4) is 0 Å². The summed E-state index contributed by atoms with van der Waals surface area (Å²) in [6.45, 7) is 3.93. The fourth-order valence-corrected chi connectivity index (χ4v) is 2.48. The van der Waals surface area contributed by atoms with Gasteiger partial charge in [0.2, 0.25) is 5.82 Å². The molecule has 112 valence electrons. The van der Waals surface area contributed by atoms with Crippen LogP contribution < -0.4 is 5.32 Å². The first-order chi connectivity index (χ1) is 10.6. The largest absolute Gasteiger partial charge is 0.452 e. The Balaban J connectivity index is 1.72. The summed E-state index contributed by atoms with van der Waals surface area (Å²) in [6.07, 6.45) is 2.02. The maximum absolute atomic E-state index is 11.9. The summed E-state index contributed by atoms with van der Waals surface area (Å²) >= 11 is 0. The molecular weight excluding hydrogens is 282 g/mol. The second kappa shape index (κ2) is 4.69. The van der Waals surface area contributed by atoms with Crippen molar-refractivity contribution in [3.8, 4) is 11.6 Å². The van der Waals surface area contributed by atoms with Gasteiger partial charge in [0.1, 0.15) is 5.58 Å². The van der Waals surface area contributed by atoms with Crippen LogP contribution in [0.1, 0.15) is 34.7 Å². The molecule has 22 heavy (non-hydrogen) atoms. The van der Waals surface area contributed by atoms with Crippen molar-refractivity contribution in [2.45, 2.75) is 32.7 Å². The third kappa shape index (κ3) is 2.07. The number of amides is 1. The Morgan fingerprint density at radius 1 is 1.32 bits per heavy atom.